The van der Waals surface area contributed by atoms with E-state index in [9.17, 15) is 4.39 Å². The van der Waals surface area contributed by atoms with Gasteiger partial charge in [0.2, 0.25) is 0 Å². The SMILES string of the molecule is CCCNc1nc(-c2ccc(F)cc2Cl)ccc1C#N. The average Bonchev–Trinajstić information content (AvgIpc) is 2.45. The van der Waals surface area contributed by atoms with Gasteiger partial charge >= 0.3 is 0 Å². The predicted octanol–water partition coefficient (Wildman–Crippen LogP) is 4.23. The summed E-state index contributed by atoms with van der Waals surface area (Å²) in [6.07, 6.45) is 0.925. The van der Waals surface area contributed by atoms with Gasteiger partial charge in [-0.25, -0.2) is 9.37 Å². The highest BCUT2D eigenvalue weighted by Crippen LogP contribution is 2.28. The van der Waals surface area contributed by atoms with Crippen molar-refractivity contribution >= 4 is 17.4 Å². The average molecular weight is 290 g/mol. The molecule has 20 heavy (non-hydrogen) atoms. The van der Waals surface area contributed by atoms with Crippen molar-refractivity contribution < 1.29 is 4.39 Å². The molecule has 1 aromatic heterocycles. The predicted molar refractivity (Wildman–Crippen MR) is 78.1 cm³/mol. The van der Waals surface area contributed by atoms with Crippen molar-refractivity contribution in [2.24, 2.45) is 0 Å². The molecule has 2 rings (SSSR count). The van der Waals surface area contributed by atoms with Crippen molar-refractivity contribution in [3.05, 3.63) is 46.7 Å². The molecule has 0 aliphatic rings. The molecule has 0 fully saturated rings. The van der Waals surface area contributed by atoms with Crippen molar-refractivity contribution in [2.45, 2.75) is 13.3 Å². The fraction of sp³-hybridized carbons (Fsp3) is 0.200. The van der Waals surface area contributed by atoms with E-state index in [4.69, 9.17) is 16.9 Å². The highest BCUT2D eigenvalue weighted by molar-refractivity contribution is 6.33. The Hall–Kier alpha value is -2.12. The summed E-state index contributed by atoms with van der Waals surface area (Å²) in [4.78, 5) is 4.40. The topological polar surface area (TPSA) is 48.7 Å². The molecular formula is C15H13ClFN3. The Morgan fingerprint density at radius 3 is 2.80 bits per heavy atom. The third-order valence-corrected chi connectivity index (χ3v) is 3.08. The molecular weight excluding hydrogens is 277 g/mol. The minimum Gasteiger partial charge on any atom is -0.369 e. The van der Waals surface area contributed by atoms with Crippen LogP contribution in [0.25, 0.3) is 11.3 Å². The molecule has 5 heteroatoms. The summed E-state index contributed by atoms with van der Waals surface area (Å²) >= 11 is 6.03. The van der Waals surface area contributed by atoms with Gasteiger partial charge in [-0.15, -0.1) is 0 Å². The number of nitriles is 1. The van der Waals surface area contributed by atoms with Crippen LogP contribution in [-0.2, 0) is 0 Å². The lowest BCUT2D eigenvalue weighted by Gasteiger charge is -2.09. The first-order valence-electron chi connectivity index (χ1n) is 6.26. The molecule has 3 nitrogen and oxygen atoms in total. The van der Waals surface area contributed by atoms with Crippen molar-refractivity contribution in [1.82, 2.24) is 4.98 Å². The molecule has 1 N–H and O–H groups in total. The van der Waals surface area contributed by atoms with Crippen LogP contribution in [0.1, 0.15) is 18.9 Å². The van der Waals surface area contributed by atoms with Crippen molar-refractivity contribution in [3.63, 3.8) is 0 Å². The van der Waals surface area contributed by atoms with E-state index in [0.29, 0.717) is 27.7 Å². The maximum atomic E-state index is 13.1. The Morgan fingerprint density at radius 1 is 1.35 bits per heavy atom. The molecule has 0 saturated carbocycles. The van der Waals surface area contributed by atoms with Crippen molar-refractivity contribution in [1.29, 1.82) is 5.26 Å². The highest BCUT2D eigenvalue weighted by atomic mass is 35.5. The first-order chi connectivity index (χ1) is 9.65. The number of benzene rings is 1. The number of aromatic nitrogens is 1. The third kappa shape index (κ3) is 3.06. The summed E-state index contributed by atoms with van der Waals surface area (Å²) in [7, 11) is 0. The lowest BCUT2D eigenvalue weighted by Crippen LogP contribution is -2.04. The molecule has 1 heterocycles. The Kier molecular flexibility index (Phi) is 4.54. The van der Waals surface area contributed by atoms with Gasteiger partial charge in [0, 0.05) is 12.1 Å². The second-order valence-corrected chi connectivity index (χ2v) is 4.66. The van der Waals surface area contributed by atoms with E-state index in [0.717, 1.165) is 13.0 Å². The first kappa shape index (κ1) is 14.3. The molecule has 102 valence electrons. The van der Waals surface area contributed by atoms with Crippen LogP contribution in [0.5, 0.6) is 0 Å². The molecule has 0 aliphatic carbocycles. The van der Waals surface area contributed by atoms with E-state index in [-0.39, 0.29) is 0 Å². The van der Waals surface area contributed by atoms with Gasteiger partial charge in [-0.1, -0.05) is 18.5 Å². The van der Waals surface area contributed by atoms with Crippen LogP contribution in [0.15, 0.2) is 30.3 Å². The molecule has 0 aliphatic heterocycles. The van der Waals surface area contributed by atoms with E-state index < -0.39 is 5.82 Å². The van der Waals surface area contributed by atoms with Crippen LogP contribution >= 0.6 is 11.6 Å². The molecule has 0 radical (unpaired) electrons. The van der Waals surface area contributed by atoms with E-state index in [1.807, 2.05) is 6.92 Å². The third-order valence-electron chi connectivity index (χ3n) is 2.77. The summed E-state index contributed by atoms with van der Waals surface area (Å²) in [5.41, 5.74) is 1.71. The molecule has 0 bridgehead atoms. The lowest BCUT2D eigenvalue weighted by atomic mass is 10.1. The monoisotopic (exact) mass is 289 g/mol. The zero-order chi connectivity index (χ0) is 14.5. The van der Waals surface area contributed by atoms with Crippen molar-refractivity contribution in [3.8, 4) is 17.3 Å². The lowest BCUT2D eigenvalue weighted by molar-refractivity contribution is 0.628. The number of halogens is 2. The smallest absolute Gasteiger partial charge is 0.144 e. The summed E-state index contributed by atoms with van der Waals surface area (Å²) in [6.45, 7) is 2.75. The highest BCUT2D eigenvalue weighted by Gasteiger charge is 2.10. The van der Waals surface area contributed by atoms with E-state index in [1.165, 1.54) is 12.1 Å². The minimum atomic E-state index is -0.392. The maximum absolute atomic E-state index is 13.1. The summed E-state index contributed by atoms with van der Waals surface area (Å²) < 4.78 is 13.1. The van der Waals surface area contributed by atoms with Crippen LogP contribution in [-0.4, -0.2) is 11.5 Å². The summed E-state index contributed by atoms with van der Waals surface area (Å²) in [5.74, 6) is 0.129. The van der Waals surface area contributed by atoms with Crippen LogP contribution in [0.2, 0.25) is 5.02 Å². The first-order valence-corrected chi connectivity index (χ1v) is 6.64. The molecule has 0 unspecified atom stereocenters. The van der Waals surface area contributed by atoms with Crippen LogP contribution in [0.3, 0.4) is 0 Å². The molecule has 0 spiro atoms. The quantitative estimate of drug-likeness (QED) is 0.916. The second-order valence-electron chi connectivity index (χ2n) is 4.26. The molecule has 2 aromatic rings. The van der Waals surface area contributed by atoms with Crippen LogP contribution < -0.4 is 5.32 Å². The zero-order valence-corrected chi connectivity index (χ0v) is 11.7. The van der Waals surface area contributed by atoms with Gasteiger partial charge in [-0.3, -0.25) is 0 Å². The summed E-state index contributed by atoms with van der Waals surface area (Å²) in [6, 6.07) is 9.63. The Morgan fingerprint density at radius 2 is 2.15 bits per heavy atom. The number of hydrogen-bond acceptors (Lipinski definition) is 3. The Bertz CT molecular complexity index is 665. The molecule has 0 atom stereocenters. The fourth-order valence-corrected chi connectivity index (χ4v) is 2.04. The second kappa shape index (κ2) is 6.36. The Labute approximate surface area is 122 Å². The number of hydrogen-bond donors (Lipinski definition) is 1. The van der Waals surface area contributed by atoms with Crippen molar-refractivity contribution in [2.75, 3.05) is 11.9 Å². The number of nitrogens with zero attached hydrogens (tertiary/aromatic N) is 2. The van der Waals surface area contributed by atoms with Gasteiger partial charge in [0.15, 0.2) is 0 Å². The number of rotatable bonds is 4. The molecule has 0 amide bonds. The van der Waals surface area contributed by atoms with Crippen LogP contribution in [0.4, 0.5) is 10.2 Å². The van der Waals surface area contributed by atoms with E-state index in [1.54, 1.807) is 18.2 Å². The van der Waals surface area contributed by atoms with E-state index in [2.05, 4.69) is 16.4 Å². The van der Waals surface area contributed by atoms with Gasteiger partial charge in [0.1, 0.15) is 17.7 Å². The van der Waals surface area contributed by atoms with E-state index >= 15 is 0 Å². The summed E-state index contributed by atoms with van der Waals surface area (Å²) in [5, 5.41) is 12.5. The van der Waals surface area contributed by atoms with Gasteiger partial charge in [-0.2, -0.15) is 5.26 Å². The largest absolute Gasteiger partial charge is 0.369 e. The standard InChI is InChI=1S/C15H13ClFN3/c1-2-7-19-15-10(9-18)3-6-14(20-15)12-5-4-11(17)8-13(12)16/h3-6,8H,2,7H2,1H3,(H,19,20). The number of anilines is 1. The number of pyridine rings is 1. The normalized spacial score (nSPS) is 10.1. The van der Waals surface area contributed by atoms with Gasteiger partial charge in [-0.05, 0) is 36.8 Å². The molecule has 1 aromatic carbocycles. The van der Waals surface area contributed by atoms with Gasteiger partial charge < -0.3 is 5.32 Å². The Balaban J connectivity index is 2.45. The molecule has 0 saturated heterocycles. The fourth-order valence-electron chi connectivity index (χ4n) is 1.77. The van der Waals surface area contributed by atoms with Crippen LogP contribution in [0, 0.1) is 17.1 Å². The van der Waals surface area contributed by atoms with Gasteiger partial charge in [0.25, 0.3) is 0 Å². The zero-order valence-electron chi connectivity index (χ0n) is 11.0. The number of nitrogens with one attached hydrogen (secondary N) is 1. The maximum Gasteiger partial charge on any atom is 0.144 e. The van der Waals surface area contributed by atoms with Gasteiger partial charge in [0.05, 0.1) is 16.3 Å². The minimum absolute atomic E-state index is 0.295.